The normalized spacial score (nSPS) is 14.2. The Kier molecular flexibility index (Phi) is 9.35. The predicted octanol–water partition coefficient (Wildman–Crippen LogP) is 7.44. The lowest BCUT2D eigenvalue weighted by molar-refractivity contribution is -0.113. The Hall–Kier alpha value is -4.31. The van der Waals surface area contributed by atoms with E-state index in [1.807, 2.05) is 58.0 Å². The zero-order chi connectivity index (χ0) is 30.5. The van der Waals surface area contributed by atoms with Crippen molar-refractivity contribution in [2.45, 2.75) is 58.8 Å². The molecule has 2 N–H and O–H groups in total. The number of aromatic nitrogens is 3. The molecule has 1 aromatic heterocycles. The Morgan fingerprint density at radius 3 is 2.60 bits per heavy atom. The van der Waals surface area contributed by atoms with Gasteiger partial charge in [-0.2, -0.15) is 4.98 Å². The van der Waals surface area contributed by atoms with Crippen LogP contribution in [0.25, 0.3) is 0 Å². The predicted molar refractivity (Wildman–Crippen MR) is 168 cm³/mol. The van der Waals surface area contributed by atoms with E-state index in [9.17, 15) is 9.18 Å². The number of thioether (sulfide) groups is 1. The molecule has 10 heteroatoms. The fraction of sp³-hybridized carbons (Fsp3) is 0.303. The molecule has 43 heavy (non-hydrogen) atoms. The summed E-state index contributed by atoms with van der Waals surface area (Å²) in [5.41, 5.74) is 5.23. The number of halogens is 1. The first-order chi connectivity index (χ1) is 20.8. The fourth-order valence-corrected chi connectivity index (χ4v) is 5.67. The number of anilines is 2. The van der Waals surface area contributed by atoms with E-state index in [1.54, 1.807) is 40.7 Å². The van der Waals surface area contributed by atoms with E-state index in [-0.39, 0.29) is 18.3 Å². The van der Waals surface area contributed by atoms with Gasteiger partial charge in [-0.1, -0.05) is 60.6 Å². The van der Waals surface area contributed by atoms with Crippen LogP contribution in [0.4, 0.5) is 16.0 Å². The van der Waals surface area contributed by atoms with Crippen molar-refractivity contribution in [1.29, 1.82) is 0 Å². The van der Waals surface area contributed by atoms with Crippen LogP contribution >= 0.6 is 11.8 Å². The number of carbonyl (C=O) groups is 1. The molecule has 8 nitrogen and oxygen atoms in total. The molecule has 1 amide bonds. The lowest BCUT2D eigenvalue weighted by Crippen LogP contribution is -2.31. The van der Waals surface area contributed by atoms with Crippen molar-refractivity contribution in [3.8, 4) is 11.5 Å². The van der Waals surface area contributed by atoms with Crippen LogP contribution in [-0.2, 0) is 11.4 Å². The number of allylic oxidation sites excluding steroid dienone is 1. The molecule has 0 spiro atoms. The van der Waals surface area contributed by atoms with Crippen molar-refractivity contribution in [2.75, 3.05) is 23.0 Å². The highest BCUT2D eigenvalue weighted by atomic mass is 32.2. The van der Waals surface area contributed by atoms with Gasteiger partial charge in [-0.15, -0.1) is 5.10 Å². The van der Waals surface area contributed by atoms with E-state index in [0.29, 0.717) is 46.0 Å². The van der Waals surface area contributed by atoms with E-state index in [0.717, 1.165) is 34.6 Å². The van der Waals surface area contributed by atoms with Gasteiger partial charge in [0.1, 0.15) is 18.5 Å². The summed E-state index contributed by atoms with van der Waals surface area (Å²) < 4.78 is 28.0. The molecule has 0 bridgehead atoms. The number of nitrogens with zero attached hydrogens (tertiary/aromatic N) is 3. The first-order valence-corrected chi connectivity index (χ1v) is 15.4. The van der Waals surface area contributed by atoms with Crippen molar-refractivity contribution >= 4 is 29.3 Å². The third kappa shape index (κ3) is 6.69. The summed E-state index contributed by atoms with van der Waals surface area (Å²) in [5.74, 6) is 1.82. The highest BCUT2D eigenvalue weighted by molar-refractivity contribution is 7.99. The minimum atomic E-state index is -0.592. The second kappa shape index (κ2) is 13.3. The summed E-state index contributed by atoms with van der Waals surface area (Å²) in [6.45, 7) is 10.3. The maximum atomic E-state index is 14.2. The summed E-state index contributed by atoms with van der Waals surface area (Å²) in [6.07, 6.45) is 0.984. The van der Waals surface area contributed by atoms with Crippen LogP contribution in [0.5, 0.6) is 11.5 Å². The van der Waals surface area contributed by atoms with Crippen LogP contribution in [0.3, 0.4) is 0 Å². The lowest BCUT2D eigenvalue weighted by atomic mass is 9.94. The maximum absolute atomic E-state index is 14.2. The van der Waals surface area contributed by atoms with Crippen LogP contribution in [0.1, 0.15) is 55.5 Å². The van der Waals surface area contributed by atoms with Crippen molar-refractivity contribution in [3.05, 3.63) is 100 Å². The number of carbonyl (C=O) groups excluding carboxylic acids is 1. The van der Waals surface area contributed by atoms with E-state index in [1.165, 1.54) is 6.07 Å². The topological polar surface area (TPSA) is 90.3 Å². The number of aryl methyl sites for hydroxylation is 2. The molecule has 1 unspecified atom stereocenters. The summed E-state index contributed by atoms with van der Waals surface area (Å²) >= 11 is 1.57. The SMILES string of the molecule is CCCSc1nc2n(n1)C(c1ccc(OCc3ccccc3F)c(OCC)c1)C(C(=O)Nc1ccc(C)cc1C)=C(C)N2. The Labute approximate surface area is 255 Å². The molecular weight excluding hydrogens is 565 g/mol. The summed E-state index contributed by atoms with van der Waals surface area (Å²) in [5, 5.41) is 11.8. The number of rotatable bonds is 11. The van der Waals surface area contributed by atoms with Crippen LogP contribution < -0.4 is 20.1 Å². The fourth-order valence-electron chi connectivity index (χ4n) is 4.98. The zero-order valence-electron chi connectivity index (χ0n) is 25.0. The number of amides is 1. The van der Waals surface area contributed by atoms with Gasteiger partial charge in [0.2, 0.25) is 11.1 Å². The Morgan fingerprint density at radius 2 is 1.86 bits per heavy atom. The number of hydrogen-bond donors (Lipinski definition) is 2. The Bertz CT molecular complexity index is 1670. The maximum Gasteiger partial charge on any atom is 0.255 e. The molecule has 0 saturated carbocycles. The number of ether oxygens (including phenoxy) is 2. The highest BCUT2D eigenvalue weighted by Crippen LogP contribution is 2.40. The molecule has 5 rings (SSSR count). The summed E-state index contributed by atoms with van der Waals surface area (Å²) in [6, 6.07) is 17.4. The van der Waals surface area contributed by atoms with Crippen molar-refractivity contribution < 1.29 is 18.7 Å². The van der Waals surface area contributed by atoms with Crippen LogP contribution in [0.2, 0.25) is 0 Å². The minimum Gasteiger partial charge on any atom is -0.490 e. The second-order valence-electron chi connectivity index (χ2n) is 10.4. The first kappa shape index (κ1) is 30.2. The Morgan fingerprint density at radius 1 is 1.05 bits per heavy atom. The minimum absolute atomic E-state index is 0.0489. The average molecular weight is 602 g/mol. The smallest absolute Gasteiger partial charge is 0.255 e. The molecule has 0 fully saturated rings. The number of benzene rings is 3. The number of hydrogen-bond acceptors (Lipinski definition) is 7. The van der Waals surface area contributed by atoms with Gasteiger partial charge in [0, 0.05) is 22.7 Å². The van der Waals surface area contributed by atoms with E-state index in [2.05, 4.69) is 17.6 Å². The monoisotopic (exact) mass is 601 g/mol. The molecule has 4 aromatic rings. The van der Waals surface area contributed by atoms with Gasteiger partial charge in [0.05, 0.1) is 12.2 Å². The molecule has 1 aliphatic heterocycles. The summed E-state index contributed by atoms with van der Waals surface area (Å²) in [4.78, 5) is 18.7. The largest absolute Gasteiger partial charge is 0.490 e. The lowest BCUT2D eigenvalue weighted by Gasteiger charge is -2.29. The van der Waals surface area contributed by atoms with Gasteiger partial charge in [-0.25, -0.2) is 9.07 Å². The van der Waals surface area contributed by atoms with Gasteiger partial charge in [-0.05, 0) is 69.5 Å². The molecule has 1 atom stereocenters. The Balaban J connectivity index is 1.54. The van der Waals surface area contributed by atoms with Gasteiger partial charge >= 0.3 is 0 Å². The molecule has 1 aliphatic rings. The zero-order valence-corrected chi connectivity index (χ0v) is 25.8. The van der Waals surface area contributed by atoms with Crippen molar-refractivity contribution in [1.82, 2.24) is 14.8 Å². The van der Waals surface area contributed by atoms with E-state index >= 15 is 0 Å². The first-order valence-electron chi connectivity index (χ1n) is 14.4. The summed E-state index contributed by atoms with van der Waals surface area (Å²) in [7, 11) is 0. The highest BCUT2D eigenvalue weighted by Gasteiger charge is 2.35. The van der Waals surface area contributed by atoms with E-state index in [4.69, 9.17) is 19.6 Å². The van der Waals surface area contributed by atoms with Crippen molar-refractivity contribution in [3.63, 3.8) is 0 Å². The van der Waals surface area contributed by atoms with Gasteiger partial charge < -0.3 is 20.1 Å². The van der Waals surface area contributed by atoms with Crippen LogP contribution in [0, 0.1) is 19.7 Å². The third-order valence-electron chi connectivity index (χ3n) is 7.07. The van der Waals surface area contributed by atoms with Gasteiger partial charge in [0.25, 0.3) is 5.91 Å². The molecule has 3 aromatic carbocycles. The molecular formula is C33H36FN5O3S. The molecule has 224 valence electrons. The standard InChI is InChI=1S/C33H36FN5O3S/c1-6-16-43-33-37-32-35-22(5)29(31(40)36-26-14-12-20(3)17-21(26)4)30(39(32)38-33)23-13-15-27(28(18-23)41-7-2)42-19-24-10-8-9-11-25(24)34/h8-15,17-18,30H,6-7,16,19H2,1-5H3,(H,36,40)(H,35,37,38). The molecule has 0 radical (unpaired) electrons. The quantitative estimate of drug-likeness (QED) is 0.173. The number of nitrogens with one attached hydrogen (secondary N) is 2. The average Bonchev–Trinajstić information content (AvgIpc) is 3.39. The van der Waals surface area contributed by atoms with Gasteiger partial charge in [-0.3, -0.25) is 4.79 Å². The van der Waals surface area contributed by atoms with E-state index < -0.39 is 6.04 Å². The molecule has 0 aliphatic carbocycles. The second-order valence-corrected chi connectivity index (χ2v) is 11.4. The van der Waals surface area contributed by atoms with Crippen molar-refractivity contribution in [2.24, 2.45) is 0 Å². The third-order valence-corrected chi connectivity index (χ3v) is 8.11. The van der Waals surface area contributed by atoms with Crippen LogP contribution in [0.15, 0.2) is 77.1 Å². The molecule has 0 saturated heterocycles. The molecule has 2 heterocycles. The van der Waals surface area contributed by atoms with Crippen LogP contribution in [-0.4, -0.2) is 33.0 Å². The van der Waals surface area contributed by atoms with Gasteiger partial charge in [0.15, 0.2) is 11.5 Å². The number of fused-ring (bicyclic) bond motifs is 1.